The number of hydrogen-bond acceptors (Lipinski definition) is 4. The molecule has 22 heavy (non-hydrogen) atoms. The van der Waals surface area contributed by atoms with Gasteiger partial charge in [0.2, 0.25) is 0 Å². The standard InChI is InChI=1S/C6H9O2.C4H11O6P2.2Y/c1-5(2)6(3-7)4-8;1-3(2)4(11(5,6)7)12(8,9)10;;/h3-5H,1-2H3;3H,1-2H3,(H2,5,6,7)(H2,8,9,10);;/q2*-1;;. The average Bonchev–Trinajstić information content (AvgIpc) is 2.13. The molecule has 0 aromatic rings. The maximum atomic E-state index is 10.6. The first-order chi connectivity index (χ1) is 8.78. The molecule has 0 aromatic heterocycles. The Labute approximate surface area is 180 Å². The van der Waals surface area contributed by atoms with Crippen LogP contribution in [0.3, 0.4) is 0 Å². The Hall–Kier alpha value is 1.72. The molecule has 0 aliphatic heterocycles. The van der Waals surface area contributed by atoms with Crippen LogP contribution in [-0.4, -0.2) is 32.1 Å². The number of rotatable bonds is 6. The van der Waals surface area contributed by atoms with Gasteiger partial charge >= 0.3 is 0 Å². The smallest absolute Gasteiger partial charge is 0.196 e. The number of hydrogen-bond donors (Lipinski definition) is 4. The van der Waals surface area contributed by atoms with Crippen LogP contribution in [0, 0.1) is 23.2 Å². The van der Waals surface area contributed by atoms with Crippen molar-refractivity contribution in [3.8, 4) is 0 Å². The molecule has 0 atom stereocenters. The van der Waals surface area contributed by atoms with Gasteiger partial charge in [-0.2, -0.15) is 0 Å². The van der Waals surface area contributed by atoms with Crippen LogP contribution < -0.4 is 0 Å². The molecule has 0 spiro atoms. The van der Waals surface area contributed by atoms with E-state index in [4.69, 9.17) is 19.6 Å². The van der Waals surface area contributed by atoms with E-state index in [0.717, 1.165) is 0 Å². The van der Waals surface area contributed by atoms with Crippen molar-refractivity contribution >= 4 is 27.8 Å². The minimum atomic E-state index is -4.80. The second-order valence-electron chi connectivity index (χ2n) is 4.49. The van der Waals surface area contributed by atoms with Gasteiger partial charge in [-0.25, -0.2) is 0 Å². The van der Waals surface area contributed by atoms with E-state index in [2.05, 4.69) is 0 Å². The van der Waals surface area contributed by atoms with Gasteiger partial charge in [0.25, 0.3) is 0 Å². The predicted octanol–water partition coefficient (Wildman–Crippen LogP) is 1.10. The minimum absolute atomic E-state index is 0. The van der Waals surface area contributed by atoms with Crippen LogP contribution in [0.1, 0.15) is 27.7 Å². The maximum Gasteiger partial charge on any atom is 0.196 e. The summed E-state index contributed by atoms with van der Waals surface area (Å²) in [5.74, 6) is -0.457. The molecule has 0 amide bonds. The topological polar surface area (TPSA) is 149 Å². The Morgan fingerprint density at radius 1 is 0.773 bits per heavy atom. The third kappa shape index (κ3) is 14.1. The van der Waals surface area contributed by atoms with Crippen molar-refractivity contribution in [1.29, 1.82) is 0 Å². The third-order valence-electron chi connectivity index (χ3n) is 2.05. The zero-order chi connectivity index (χ0) is 16.7. The zero-order valence-corrected chi connectivity index (χ0v) is 20.2. The van der Waals surface area contributed by atoms with E-state index in [1.807, 2.05) is 0 Å². The van der Waals surface area contributed by atoms with Crippen molar-refractivity contribution in [3.63, 3.8) is 0 Å². The van der Waals surface area contributed by atoms with Crippen molar-refractivity contribution in [2.24, 2.45) is 11.8 Å². The van der Waals surface area contributed by atoms with Crippen LogP contribution in [0.2, 0.25) is 0 Å². The van der Waals surface area contributed by atoms with Crippen molar-refractivity contribution in [2.75, 3.05) is 0 Å². The number of aldehydes is 2. The van der Waals surface area contributed by atoms with Gasteiger partial charge in [0.05, 0.1) is 0 Å². The van der Waals surface area contributed by atoms with Gasteiger partial charge in [0, 0.05) is 65.4 Å². The SMILES string of the molecule is CC(C)[C-](C=O)C=O.CC(C)[C-](P(=O)(O)O)P(=O)(O)O.[Y].[Y]. The number of carbonyl (C=O) groups is 2. The first kappa shape index (κ1) is 31.5. The molecular weight excluding hydrogens is 488 g/mol. The maximum absolute atomic E-state index is 10.6. The van der Waals surface area contributed by atoms with Crippen molar-refractivity contribution < 1.29 is 104 Å². The molecule has 0 saturated carbocycles. The molecule has 0 rings (SSSR count). The summed E-state index contributed by atoms with van der Waals surface area (Å²) in [5, 5.41) is -1.00. The largest absolute Gasteiger partial charge is 0.346 e. The molecule has 0 bridgehead atoms. The first-order valence-corrected chi connectivity index (χ1v) is 8.77. The summed E-state index contributed by atoms with van der Waals surface area (Å²) in [6, 6.07) is 0. The number of carbonyl (C=O) groups excluding carboxylic acids is 2. The molecule has 0 fully saturated rings. The van der Waals surface area contributed by atoms with Crippen LogP contribution in [0.5, 0.6) is 0 Å². The molecule has 0 aliphatic rings. The van der Waals surface area contributed by atoms with Gasteiger partial charge in [-0.1, -0.05) is 33.1 Å². The molecule has 2 radical (unpaired) electrons. The molecule has 4 N–H and O–H groups in total. The Balaban J connectivity index is -0.000000144. The summed E-state index contributed by atoms with van der Waals surface area (Å²) in [6.45, 7) is 6.23. The first-order valence-electron chi connectivity index (χ1n) is 5.55. The molecule has 8 nitrogen and oxygen atoms in total. The second kappa shape index (κ2) is 13.9. The predicted molar refractivity (Wildman–Crippen MR) is 72.4 cm³/mol. The van der Waals surface area contributed by atoms with Crippen molar-refractivity contribution in [3.05, 3.63) is 11.3 Å². The molecule has 126 valence electrons. The van der Waals surface area contributed by atoms with Gasteiger partial charge in [-0.15, -0.1) is 11.8 Å². The van der Waals surface area contributed by atoms with E-state index >= 15 is 0 Å². The van der Waals surface area contributed by atoms with Crippen LogP contribution in [0.25, 0.3) is 0 Å². The van der Waals surface area contributed by atoms with E-state index < -0.39 is 26.5 Å². The van der Waals surface area contributed by atoms with E-state index in [1.54, 1.807) is 13.8 Å². The minimum Gasteiger partial charge on any atom is -0.346 e. The van der Waals surface area contributed by atoms with Crippen molar-refractivity contribution in [2.45, 2.75) is 27.7 Å². The molecule has 0 unspecified atom stereocenters. The molecule has 0 saturated heterocycles. The van der Waals surface area contributed by atoms with E-state index in [1.165, 1.54) is 13.8 Å². The molecule has 0 heterocycles. The van der Waals surface area contributed by atoms with Gasteiger partial charge in [0.1, 0.15) is 0 Å². The van der Waals surface area contributed by atoms with Gasteiger partial charge in [0.15, 0.2) is 15.2 Å². The summed E-state index contributed by atoms with van der Waals surface area (Å²) < 4.78 is 21.2. The summed E-state index contributed by atoms with van der Waals surface area (Å²) in [7, 11) is -9.60. The monoisotopic (exact) mass is 508 g/mol. The third-order valence-corrected chi connectivity index (χ3v) is 5.84. The second-order valence-corrected chi connectivity index (χ2v) is 7.98. The summed E-state index contributed by atoms with van der Waals surface area (Å²) in [5.41, 5.74) is 0. The summed E-state index contributed by atoms with van der Waals surface area (Å²) >= 11 is 0. The molecule has 0 aromatic carbocycles. The van der Waals surface area contributed by atoms with Gasteiger partial charge in [-0.3, -0.25) is 15.0 Å². The fourth-order valence-electron chi connectivity index (χ4n) is 1.14. The van der Waals surface area contributed by atoms with Crippen LogP contribution >= 0.6 is 15.2 Å². The van der Waals surface area contributed by atoms with E-state index in [9.17, 15) is 18.7 Å². The van der Waals surface area contributed by atoms with Crippen molar-refractivity contribution in [1.82, 2.24) is 0 Å². The fourth-order valence-corrected chi connectivity index (χ4v) is 3.85. The van der Waals surface area contributed by atoms with E-state index in [-0.39, 0.29) is 71.3 Å². The van der Waals surface area contributed by atoms with Crippen LogP contribution in [0.15, 0.2) is 0 Å². The Morgan fingerprint density at radius 3 is 1.05 bits per heavy atom. The summed E-state index contributed by atoms with van der Waals surface area (Å²) in [4.78, 5) is 54.1. The Kier molecular flexibility index (Phi) is 20.0. The van der Waals surface area contributed by atoms with E-state index in [0.29, 0.717) is 18.5 Å². The summed E-state index contributed by atoms with van der Waals surface area (Å²) in [6.07, 6.45) is 1.19. The molecule has 0 aliphatic carbocycles. The van der Waals surface area contributed by atoms with Gasteiger partial charge < -0.3 is 29.2 Å². The van der Waals surface area contributed by atoms with Crippen LogP contribution in [0.4, 0.5) is 0 Å². The fraction of sp³-hybridized carbons (Fsp3) is 0.600. The quantitative estimate of drug-likeness (QED) is 0.181. The van der Waals surface area contributed by atoms with Crippen LogP contribution in [-0.2, 0) is 84.1 Å². The zero-order valence-electron chi connectivity index (χ0n) is 12.8. The van der Waals surface area contributed by atoms with Gasteiger partial charge in [-0.05, 0) is 12.6 Å². The molecule has 12 heteroatoms. The average molecular weight is 508 g/mol. The molecular formula is C10H20O8P2Y2-2. The Bertz CT molecular complexity index is 374. The Morgan fingerprint density at radius 2 is 1.05 bits per heavy atom. The normalized spacial score (nSPS) is 11.0.